The van der Waals surface area contributed by atoms with Crippen LogP contribution in [0.5, 0.6) is 5.75 Å². The number of ether oxygens (including phenoxy) is 1. The monoisotopic (exact) mass is 301 g/mol. The number of nitrogens with two attached hydrogens (primary N) is 1. The van der Waals surface area contributed by atoms with Crippen LogP contribution in [0.2, 0.25) is 0 Å². The molecule has 0 bridgehead atoms. The number of anilines is 1. The van der Waals surface area contributed by atoms with Crippen molar-refractivity contribution in [3.63, 3.8) is 0 Å². The third kappa shape index (κ3) is 2.95. The second-order valence-corrected chi connectivity index (χ2v) is 6.78. The maximum absolute atomic E-state index is 12.6. The quantitative estimate of drug-likeness (QED) is 0.883. The summed E-state index contributed by atoms with van der Waals surface area (Å²) >= 11 is 0. The Labute approximate surface area is 127 Å². The molecule has 3 nitrogen and oxygen atoms in total. The summed E-state index contributed by atoms with van der Waals surface area (Å²) in [7, 11) is 0.443. The third-order valence-corrected chi connectivity index (χ3v) is 5.32. The first-order chi connectivity index (χ1) is 10.2. The molecule has 0 heterocycles. The predicted octanol–water partition coefficient (Wildman–Crippen LogP) is 3.07. The van der Waals surface area contributed by atoms with Gasteiger partial charge in [-0.3, -0.25) is 4.21 Å². The topological polar surface area (TPSA) is 52.3 Å². The van der Waals surface area contributed by atoms with E-state index in [-0.39, 0.29) is 0 Å². The van der Waals surface area contributed by atoms with Gasteiger partial charge < -0.3 is 10.5 Å². The SMILES string of the molecule is COc1cc(N)ccc1S(=O)Cc1ccc2c(c1)CCC2. The summed E-state index contributed by atoms with van der Waals surface area (Å²) in [5, 5.41) is 0. The average Bonchev–Trinajstić information content (AvgIpc) is 2.94. The van der Waals surface area contributed by atoms with E-state index in [2.05, 4.69) is 18.2 Å². The van der Waals surface area contributed by atoms with Gasteiger partial charge in [0.2, 0.25) is 0 Å². The standard InChI is InChI=1S/C17H19NO2S/c1-20-16-10-15(18)7-8-17(16)21(19)11-12-5-6-13-3-2-4-14(13)9-12/h5-10H,2-4,11,18H2,1H3. The summed E-state index contributed by atoms with van der Waals surface area (Å²) in [6.07, 6.45) is 3.54. The van der Waals surface area contributed by atoms with Gasteiger partial charge in [-0.25, -0.2) is 0 Å². The molecule has 0 spiro atoms. The second-order valence-electron chi connectivity index (χ2n) is 5.36. The zero-order chi connectivity index (χ0) is 14.8. The zero-order valence-corrected chi connectivity index (χ0v) is 12.9. The Hall–Kier alpha value is -1.81. The molecule has 0 aromatic heterocycles. The minimum absolute atomic E-state index is 0.507. The lowest BCUT2D eigenvalue weighted by atomic mass is 10.1. The van der Waals surface area contributed by atoms with Crippen LogP contribution in [0.15, 0.2) is 41.3 Å². The molecule has 0 saturated carbocycles. The van der Waals surface area contributed by atoms with E-state index in [1.165, 1.54) is 24.0 Å². The fourth-order valence-corrected chi connectivity index (χ4v) is 4.04. The zero-order valence-electron chi connectivity index (χ0n) is 12.1. The summed E-state index contributed by atoms with van der Waals surface area (Å²) in [5.41, 5.74) is 10.3. The van der Waals surface area contributed by atoms with Gasteiger partial charge in [0.1, 0.15) is 5.75 Å². The van der Waals surface area contributed by atoms with Gasteiger partial charge in [0.25, 0.3) is 0 Å². The number of methoxy groups -OCH3 is 1. The van der Waals surface area contributed by atoms with E-state index in [0.717, 1.165) is 12.0 Å². The minimum Gasteiger partial charge on any atom is -0.495 e. The van der Waals surface area contributed by atoms with Crippen molar-refractivity contribution in [2.45, 2.75) is 29.9 Å². The molecule has 2 N–H and O–H groups in total. The van der Waals surface area contributed by atoms with Crippen molar-refractivity contribution >= 4 is 16.5 Å². The van der Waals surface area contributed by atoms with E-state index in [9.17, 15) is 4.21 Å². The van der Waals surface area contributed by atoms with Crippen LogP contribution in [-0.2, 0) is 29.4 Å². The molecule has 3 rings (SSSR count). The highest BCUT2D eigenvalue weighted by Gasteiger charge is 2.14. The van der Waals surface area contributed by atoms with E-state index in [4.69, 9.17) is 10.5 Å². The Bertz CT molecular complexity index is 697. The van der Waals surface area contributed by atoms with E-state index in [1.54, 1.807) is 25.3 Å². The van der Waals surface area contributed by atoms with Crippen LogP contribution in [0.3, 0.4) is 0 Å². The lowest BCUT2D eigenvalue weighted by Crippen LogP contribution is -2.01. The molecular weight excluding hydrogens is 282 g/mol. The lowest BCUT2D eigenvalue weighted by Gasteiger charge is -2.10. The number of rotatable bonds is 4. The summed E-state index contributed by atoms with van der Waals surface area (Å²) in [6.45, 7) is 0. The second kappa shape index (κ2) is 5.90. The Balaban J connectivity index is 1.83. The van der Waals surface area contributed by atoms with E-state index >= 15 is 0 Å². The van der Waals surface area contributed by atoms with Gasteiger partial charge in [0, 0.05) is 11.8 Å². The molecule has 0 saturated heterocycles. The van der Waals surface area contributed by atoms with Gasteiger partial charge in [-0.15, -0.1) is 0 Å². The number of hydrogen-bond donors (Lipinski definition) is 1. The largest absolute Gasteiger partial charge is 0.495 e. The number of aryl methyl sites for hydroxylation is 2. The lowest BCUT2D eigenvalue weighted by molar-refractivity contribution is 0.404. The third-order valence-electron chi connectivity index (χ3n) is 3.89. The molecular formula is C17H19NO2S. The van der Waals surface area contributed by atoms with Gasteiger partial charge in [-0.05, 0) is 48.1 Å². The van der Waals surface area contributed by atoms with Crippen LogP contribution >= 0.6 is 0 Å². The predicted molar refractivity (Wildman–Crippen MR) is 86.0 cm³/mol. The molecule has 1 aliphatic carbocycles. The molecule has 0 radical (unpaired) electrons. The molecule has 1 atom stereocenters. The normalized spacial score (nSPS) is 14.7. The van der Waals surface area contributed by atoms with Crippen molar-refractivity contribution < 1.29 is 8.95 Å². The van der Waals surface area contributed by atoms with Gasteiger partial charge in [0.05, 0.1) is 28.6 Å². The summed E-state index contributed by atoms with van der Waals surface area (Å²) in [6, 6.07) is 11.7. The first-order valence-corrected chi connectivity index (χ1v) is 8.42. The molecule has 2 aromatic rings. The van der Waals surface area contributed by atoms with Crippen LogP contribution in [0.25, 0.3) is 0 Å². The van der Waals surface area contributed by atoms with E-state index in [1.807, 2.05) is 0 Å². The minimum atomic E-state index is -1.13. The Kier molecular flexibility index (Phi) is 3.97. The highest BCUT2D eigenvalue weighted by Crippen LogP contribution is 2.28. The fourth-order valence-electron chi connectivity index (χ4n) is 2.82. The highest BCUT2D eigenvalue weighted by molar-refractivity contribution is 7.84. The first kappa shape index (κ1) is 14.1. The number of hydrogen-bond acceptors (Lipinski definition) is 3. The van der Waals surface area contributed by atoms with Crippen LogP contribution in [0, 0.1) is 0 Å². The van der Waals surface area contributed by atoms with Gasteiger partial charge in [0.15, 0.2) is 0 Å². The number of nitrogen functional groups attached to an aromatic ring is 1. The fraction of sp³-hybridized carbons (Fsp3) is 0.294. The smallest absolute Gasteiger partial charge is 0.137 e. The molecule has 2 aromatic carbocycles. The van der Waals surface area contributed by atoms with Crippen molar-refractivity contribution in [3.05, 3.63) is 53.1 Å². The first-order valence-electron chi connectivity index (χ1n) is 7.10. The van der Waals surface area contributed by atoms with E-state index in [0.29, 0.717) is 22.1 Å². The van der Waals surface area contributed by atoms with Crippen LogP contribution < -0.4 is 10.5 Å². The Morgan fingerprint density at radius 1 is 1.14 bits per heavy atom. The Morgan fingerprint density at radius 2 is 1.95 bits per heavy atom. The number of benzene rings is 2. The van der Waals surface area contributed by atoms with Gasteiger partial charge >= 0.3 is 0 Å². The van der Waals surface area contributed by atoms with E-state index < -0.39 is 10.8 Å². The van der Waals surface area contributed by atoms with Crippen molar-refractivity contribution in [1.82, 2.24) is 0 Å². The molecule has 0 fully saturated rings. The van der Waals surface area contributed by atoms with Crippen molar-refractivity contribution in [1.29, 1.82) is 0 Å². The maximum atomic E-state index is 12.6. The van der Waals surface area contributed by atoms with Crippen LogP contribution in [0.1, 0.15) is 23.1 Å². The molecule has 0 amide bonds. The summed E-state index contributed by atoms with van der Waals surface area (Å²) < 4.78 is 17.9. The molecule has 0 aliphatic heterocycles. The van der Waals surface area contributed by atoms with Crippen molar-refractivity contribution in [2.75, 3.05) is 12.8 Å². The summed E-state index contributed by atoms with van der Waals surface area (Å²) in [5.74, 6) is 1.10. The maximum Gasteiger partial charge on any atom is 0.137 e. The van der Waals surface area contributed by atoms with Gasteiger partial charge in [-0.2, -0.15) is 0 Å². The Morgan fingerprint density at radius 3 is 2.76 bits per heavy atom. The molecule has 4 heteroatoms. The van der Waals surface area contributed by atoms with Gasteiger partial charge in [-0.1, -0.05) is 18.2 Å². The average molecular weight is 301 g/mol. The summed E-state index contributed by atoms with van der Waals surface area (Å²) in [4.78, 5) is 0.701. The number of fused-ring (bicyclic) bond motifs is 1. The van der Waals surface area contributed by atoms with Crippen LogP contribution in [-0.4, -0.2) is 11.3 Å². The van der Waals surface area contributed by atoms with Crippen molar-refractivity contribution in [3.8, 4) is 5.75 Å². The highest BCUT2D eigenvalue weighted by atomic mass is 32.2. The molecule has 1 unspecified atom stereocenters. The molecule has 110 valence electrons. The van der Waals surface area contributed by atoms with Crippen molar-refractivity contribution in [2.24, 2.45) is 0 Å². The van der Waals surface area contributed by atoms with Crippen LogP contribution in [0.4, 0.5) is 5.69 Å². The molecule has 21 heavy (non-hydrogen) atoms. The molecule has 1 aliphatic rings.